The fourth-order valence-corrected chi connectivity index (χ4v) is 3.24. The van der Waals surface area contributed by atoms with Crippen molar-refractivity contribution in [1.29, 1.82) is 0 Å². The molecule has 0 heterocycles. The van der Waals surface area contributed by atoms with Crippen LogP contribution in [0.5, 0.6) is 0 Å². The van der Waals surface area contributed by atoms with Crippen molar-refractivity contribution < 1.29 is 9.53 Å². The molecule has 1 aromatic carbocycles. The maximum atomic E-state index is 9.59. The number of ether oxygens (including phenoxy) is 1. The van der Waals surface area contributed by atoms with E-state index in [0.29, 0.717) is 0 Å². The molecule has 2 aliphatic carbocycles. The number of carbonyl (C=O) groups excluding carboxylic acids is 1. The van der Waals surface area contributed by atoms with Crippen molar-refractivity contribution in [2.45, 2.75) is 78.2 Å². The van der Waals surface area contributed by atoms with E-state index < -0.39 is 0 Å². The Balaban J connectivity index is 0.000000356. The van der Waals surface area contributed by atoms with Gasteiger partial charge in [0.15, 0.2) is 0 Å². The Morgan fingerprint density at radius 2 is 1.88 bits per heavy atom. The van der Waals surface area contributed by atoms with E-state index in [9.17, 15) is 4.79 Å². The molecule has 3 nitrogen and oxygen atoms in total. The first-order chi connectivity index (χ1) is 11.4. The van der Waals surface area contributed by atoms with E-state index in [1.165, 1.54) is 44.4 Å². The number of aryl methyl sites for hydroxylation is 1. The first-order valence-corrected chi connectivity index (χ1v) is 9.35. The Kier molecular flexibility index (Phi) is 7.95. The topological polar surface area (TPSA) is 52.3 Å². The van der Waals surface area contributed by atoms with Crippen molar-refractivity contribution in [3.63, 3.8) is 0 Å². The first kappa shape index (κ1) is 20.7. The maximum absolute atomic E-state index is 9.59. The highest BCUT2D eigenvalue weighted by molar-refractivity contribution is 5.65. The van der Waals surface area contributed by atoms with E-state index in [0.717, 1.165) is 24.7 Å². The van der Waals surface area contributed by atoms with Crippen LogP contribution in [0.1, 0.15) is 82.4 Å². The summed E-state index contributed by atoms with van der Waals surface area (Å²) >= 11 is 0. The van der Waals surface area contributed by atoms with E-state index in [1.54, 1.807) is 5.56 Å². The molecule has 2 N–H and O–H groups in total. The zero-order valence-electron chi connectivity index (χ0n) is 16.3. The fourth-order valence-electron chi connectivity index (χ4n) is 3.24. The van der Waals surface area contributed by atoms with Gasteiger partial charge in [0.2, 0.25) is 0 Å². The van der Waals surface area contributed by atoms with E-state index in [1.807, 2.05) is 13.8 Å². The minimum atomic E-state index is -0.245. The summed E-state index contributed by atoms with van der Waals surface area (Å²) < 4.78 is 4.11. The minimum absolute atomic E-state index is 0.0217. The third-order valence-corrected chi connectivity index (χ3v) is 5.27. The van der Waals surface area contributed by atoms with Gasteiger partial charge in [-0.15, -0.1) is 0 Å². The van der Waals surface area contributed by atoms with Crippen molar-refractivity contribution in [3.05, 3.63) is 34.9 Å². The average Bonchev–Trinajstić information content (AvgIpc) is 3.30. The second kappa shape index (κ2) is 9.22. The van der Waals surface area contributed by atoms with Gasteiger partial charge >= 0.3 is 5.97 Å². The SMILES string of the molecule is CC.CCC1CCC1c1cc(C2(N)CC2)ccc1C.COC(C)=O. The molecule has 2 unspecified atom stereocenters. The van der Waals surface area contributed by atoms with Crippen molar-refractivity contribution in [2.24, 2.45) is 11.7 Å². The van der Waals surface area contributed by atoms with Gasteiger partial charge in [-0.25, -0.2) is 0 Å². The molecule has 0 saturated heterocycles. The molecule has 0 amide bonds. The lowest BCUT2D eigenvalue weighted by Gasteiger charge is -2.37. The van der Waals surface area contributed by atoms with E-state index >= 15 is 0 Å². The maximum Gasteiger partial charge on any atom is 0.302 e. The van der Waals surface area contributed by atoms with Crippen LogP contribution in [0.25, 0.3) is 0 Å². The number of esters is 1. The second-order valence-electron chi connectivity index (χ2n) is 6.78. The highest BCUT2D eigenvalue weighted by Gasteiger charge is 2.41. The Morgan fingerprint density at radius 1 is 1.29 bits per heavy atom. The number of benzene rings is 1. The summed E-state index contributed by atoms with van der Waals surface area (Å²) in [5, 5.41) is 0. The molecule has 2 atom stereocenters. The van der Waals surface area contributed by atoms with Crippen LogP contribution in [0, 0.1) is 12.8 Å². The molecule has 24 heavy (non-hydrogen) atoms. The largest absolute Gasteiger partial charge is 0.469 e. The Bertz CT molecular complexity index is 533. The first-order valence-electron chi connectivity index (χ1n) is 9.35. The number of methoxy groups -OCH3 is 1. The summed E-state index contributed by atoms with van der Waals surface area (Å²) in [5.41, 5.74) is 10.8. The molecule has 2 fully saturated rings. The molecule has 0 radical (unpaired) electrons. The fraction of sp³-hybridized carbons (Fsp3) is 0.667. The highest BCUT2D eigenvalue weighted by Crippen LogP contribution is 2.48. The minimum Gasteiger partial charge on any atom is -0.469 e. The molecule has 1 aromatic rings. The van der Waals surface area contributed by atoms with Crippen LogP contribution >= 0.6 is 0 Å². The molecule has 0 aromatic heterocycles. The zero-order chi connectivity index (χ0) is 18.3. The van der Waals surface area contributed by atoms with E-state index in [2.05, 4.69) is 36.8 Å². The summed E-state index contributed by atoms with van der Waals surface area (Å²) in [5.74, 6) is 1.48. The van der Waals surface area contributed by atoms with Gasteiger partial charge in [-0.2, -0.15) is 0 Å². The number of carbonyl (C=O) groups is 1. The number of hydrogen-bond donors (Lipinski definition) is 1. The molecule has 0 aliphatic heterocycles. The van der Waals surface area contributed by atoms with Crippen molar-refractivity contribution in [2.75, 3.05) is 7.11 Å². The average molecular weight is 334 g/mol. The second-order valence-corrected chi connectivity index (χ2v) is 6.78. The molecule has 0 bridgehead atoms. The summed E-state index contributed by atoms with van der Waals surface area (Å²) in [7, 11) is 1.35. The Morgan fingerprint density at radius 3 is 2.25 bits per heavy atom. The van der Waals surface area contributed by atoms with Gasteiger partial charge in [0.1, 0.15) is 0 Å². The van der Waals surface area contributed by atoms with Gasteiger partial charge in [-0.3, -0.25) is 4.79 Å². The van der Waals surface area contributed by atoms with Crippen LogP contribution in [-0.4, -0.2) is 13.1 Å². The van der Waals surface area contributed by atoms with Gasteiger partial charge in [-0.1, -0.05) is 45.4 Å². The van der Waals surface area contributed by atoms with Gasteiger partial charge < -0.3 is 10.5 Å². The van der Waals surface area contributed by atoms with Crippen molar-refractivity contribution >= 4 is 5.97 Å². The normalized spacial score (nSPS) is 22.8. The predicted molar refractivity (Wildman–Crippen MR) is 101 cm³/mol. The van der Waals surface area contributed by atoms with Crippen LogP contribution < -0.4 is 5.73 Å². The predicted octanol–water partition coefficient (Wildman–Crippen LogP) is 5.05. The molecule has 136 valence electrons. The Labute approximate surface area is 148 Å². The van der Waals surface area contributed by atoms with Crippen LogP contribution in [0.15, 0.2) is 18.2 Å². The quantitative estimate of drug-likeness (QED) is 0.787. The smallest absolute Gasteiger partial charge is 0.302 e. The lowest BCUT2D eigenvalue weighted by atomic mass is 9.67. The lowest BCUT2D eigenvalue weighted by Crippen LogP contribution is -2.25. The van der Waals surface area contributed by atoms with Gasteiger partial charge in [0.25, 0.3) is 0 Å². The van der Waals surface area contributed by atoms with E-state index in [-0.39, 0.29) is 11.5 Å². The molecular formula is C21H35NO2. The summed E-state index contributed by atoms with van der Waals surface area (Å²) in [4.78, 5) is 9.59. The molecule has 2 saturated carbocycles. The van der Waals surface area contributed by atoms with Crippen LogP contribution in [0.4, 0.5) is 0 Å². The Hall–Kier alpha value is -1.35. The monoisotopic (exact) mass is 333 g/mol. The number of nitrogens with two attached hydrogens (primary N) is 1. The standard InChI is InChI=1S/C16H23N.C3H6O2.C2H6/c1-3-12-5-7-14(12)15-10-13(6-4-11(15)2)16(17)8-9-16;1-3(4)5-2;1-2/h4,6,10,12,14H,3,5,7-9,17H2,1-2H3;1-2H3;1-2H3. The molecule has 3 heteroatoms. The van der Waals surface area contributed by atoms with Crippen LogP contribution in [0.3, 0.4) is 0 Å². The summed E-state index contributed by atoms with van der Waals surface area (Å²) in [6, 6.07) is 6.93. The third-order valence-electron chi connectivity index (χ3n) is 5.27. The summed E-state index contributed by atoms with van der Waals surface area (Å²) in [6.45, 7) is 9.93. The molecule has 3 rings (SSSR count). The lowest BCUT2D eigenvalue weighted by molar-refractivity contribution is -0.137. The van der Waals surface area contributed by atoms with E-state index in [4.69, 9.17) is 5.73 Å². The highest BCUT2D eigenvalue weighted by atomic mass is 16.5. The number of rotatable bonds is 3. The number of hydrogen-bond acceptors (Lipinski definition) is 3. The molecule has 2 aliphatic rings. The van der Waals surface area contributed by atoms with Crippen LogP contribution in [-0.2, 0) is 15.1 Å². The van der Waals surface area contributed by atoms with Crippen molar-refractivity contribution in [3.8, 4) is 0 Å². The zero-order valence-corrected chi connectivity index (χ0v) is 16.3. The molecule has 0 spiro atoms. The van der Waals surface area contributed by atoms with Gasteiger partial charge in [0.05, 0.1) is 7.11 Å². The van der Waals surface area contributed by atoms with Crippen molar-refractivity contribution in [1.82, 2.24) is 0 Å². The third kappa shape index (κ3) is 5.07. The van der Waals surface area contributed by atoms with Gasteiger partial charge in [0, 0.05) is 12.5 Å². The van der Waals surface area contributed by atoms with Gasteiger partial charge in [-0.05, 0) is 61.1 Å². The summed E-state index contributed by atoms with van der Waals surface area (Å²) in [6.07, 6.45) is 6.44. The van der Waals surface area contributed by atoms with Crippen LogP contribution in [0.2, 0.25) is 0 Å². The molecular weight excluding hydrogens is 298 g/mol.